The highest BCUT2D eigenvalue weighted by Gasteiger charge is 2.24. The fourth-order valence-electron chi connectivity index (χ4n) is 1.48. The lowest BCUT2D eigenvalue weighted by Crippen LogP contribution is -2.39. The van der Waals surface area contributed by atoms with E-state index in [-0.39, 0.29) is 12.6 Å². The highest BCUT2D eigenvalue weighted by atomic mass is 16.6. The topological polar surface area (TPSA) is 67.9 Å². The maximum absolute atomic E-state index is 11.7. The predicted octanol–water partition coefficient (Wildman–Crippen LogP) is 1.47. The number of aliphatic imine (C=N–C) groups is 1. The number of hydrogen-bond donors (Lipinski definition) is 1. The fourth-order valence-corrected chi connectivity index (χ4v) is 1.48. The molecule has 5 heteroatoms. The maximum atomic E-state index is 11.7. The molecule has 88 valence electrons. The first-order chi connectivity index (χ1) is 8.16. The van der Waals surface area contributed by atoms with Gasteiger partial charge >= 0.3 is 6.09 Å². The van der Waals surface area contributed by atoms with Gasteiger partial charge in [0.05, 0.1) is 12.2 Å². The Morgan fingerprint density at radius 3 is 2.76 bits per heavy atom. The van der Waals surface area contributed by atoms with Crippen LogP contribution in [0.15, 0.2) is 47.6 Å². The van der Waals surface area contributed by atoms with Crippen molar-refractivity contribution in [2.45, 2.75) is 6.61 Å². The van der Waals surface area contributed by atoms with Gasteiger partial charge in [-0.05, 0) is 5.56 Å². The predicted molar refractivity (Wildman–Crippen MR) is 64.1 cm³/mol. The largest absolute Gasteiger partial charge is 0.444 e. The van der Waals surface area contributed by atoms with E-state index in [0.29, 0.717) is 12.2 Å². The summed E-state index contributed by atoms with van der Waals surface area (Å²) in [5, 5.41) is 0. The van der Waals surface area contributed by atoms with E-state index in [1.54, 1.807) is 0 Å². The van der Waals surface area contributed by atoms with Gasteiger partial charge in [-0.1, -0.05) is 36.9 Å². The van der Waals surface area contributed by atoms with Crippen LogP contribution in [-0.4, -0.2) is 23.5 Å². The lowest BCUT2D eigenvalue weighted by Gasteiger charge is -2.14. The summed E-state index contributed by atoms with van der Waals surface area (Å²) in [6.45, 7) is 4.15. The summed E-state index contributed by atoms with van der Waals surface area (Å²) in [5.41, 5.74) is 7.03. The maximum Gasteiger partial charge on any atom is 0.417 e. The van der Waals surface area contributed by atoms with Gasteiger partial charge in [-0.2, -0.15) is 0 Å². The Hall–Kier alpha value is -2.30. The molecule has 0 aromatic heterocycles. The zero-order valence-corrected chi connectivity index (χ0v) is 9.30. The first-order valence-corrected chi connectivity index (χ1v) is 5.17. The molecule has 0 atom stereocenters. The molecule has 0 bridgehead atoms. The van der Waals surface area contributed by atoms with E-state index in [4.69, 9.17) is 10.5 Å². The molecule has 0 aliphatic carbocycles. The SMILES string of the molecule is C=C1CN(C(=O)OCc2ccccc2)C(N)=N1. The van der Waals surface area contributed by atoms with Crippen molar-refractivity contribution in [2.24, 2.45) is 10.7 Å². The molecule has 1 amide bonds. The molecule has 0 unspecified atom stereocenters. The summed E-state index contributed by atoms with van der Waals surface area (Å²) in [6, 6.07) is 9.44. The normalized spacial score (nSPS) is 14.7. The van der Waals surface area contributed by atoms with Gasteiger partial charge in [-0.15, -0.1) is 0 Å². The Labute approximate surface area is 99.2 Å². The van der Waals surface area contributed by atoms with E-state index in [1.807, 2.05) is 30.3 Å². The van der Waals surface area contributed by atoms with E-state index in [1.165, 1.54) is 4.90 Å². The fraction of sp³-hybridized carbons (Fsp3) is 0.167. The number of carbonyl (C=O) groups is 1. The molecule has 1 heterocycles. The number of benzene rings is 1. The number of nitrogens with two attached hydrogens (primary N) is 1. The zero-order chi connectivity index (χ0) is 12.3. The van der Waals surface area contributed by atoms with E-state index in [9.17, 15) is 4.79 Å². The third kappa shape index (κ3) is 2.63. The molecule has 0 fully saturated rings. The molecule has 1 aromatic carbocycles. The first kappa shape index (κ1) is 11.2. The monoisotopic (exact) mass is 231 g/mol. The van der Waals surface area contributed by atoms with Crippen LogP contribution in [0.4, 0.5) is 4.79 Å². The van der Waals surface area contributed by atoms with Crippen LogP contribution < -0.4 is 5.73 Å². The van der Waals surface area contributed by atoms with E-state index in [2.05, 4.69) is 11.6 Å². The van der Waals surface area contributed by atoms with Gasteiger partial charge in [0.15, 0.2) is 0 Å². The Morgan fingerprint density at radius 1 is 1.47 bits per heavy atom. The zero-order valence-electron chi connectivity index (χ0n) is 9.30. The Kier molecular flexibility index (Phi) is 3.09. The Bertz CT molecular complexity index is 468. The summed E-state index contributed by atoms with van der Waals surface area (Å²) in [4.78, 5) is 16.8. The lowest BCUT2D eigenvalue weighted by molar-refractivity contribution is 0.119. The van der Waals surface area contributed by atoms with Crippen LogP contribution >= 0.6 is 0 Å². The minimum absolute atomic E-state index is 0.132. The van der Waals surface area contributed by atoms with Crippen molar-refractivity contribution in [1.29, 1.82) is 0 Å². The molecule has 5 nitrogen and oxygen atoms in total. The molecular formula is C12H13N3O2. The second-order valence-electron chi connectivity index (χ2n) is 3.66. The van der Waals surface area contributed by atoms with Gasteiger partial charge in [0.2, 0.25) is 5.96 Å². The molecular weight excluding hydrogens is 218 g/mol. The quantitative estimate of drug-likeness (QED) is 0.838. The van der Waals surface area contributed by atoms with E-state index < -0.39 is 6.09 Å². The molecule has 2 rings (SSSR count). The summed E-state index contributed by atoms with van der Waals surface area (Å²) in [7, 11) is 0. The third-order valence-electron chi connectivity index (χ3n) is 2.32. The molecule has 1 aliphatic heterocycles. The molecule has 1 aliphatic rings. The van der Waals surface area contributed by atoms with Crippen molar-refractivity contribution in [3.8, 4) is 0 Å². The summed E-state index contributed by atoms with van der Waals surface area (Å²) in [5.74, 6) is 0.132. The van der Waals surface area contributed by atoms with Gasteiger partial charge in [-0.25, -0.2) is 14.7 Å². The minimum Gasteiger partial charge on any atom is -0.444 e. The number of nitrogens with zero attached hydrogens (tertiary/aromatic N) is 2. The van der Waals surface area contributed by atoms with Crippen molar-refractivity contribution in [1.82, 2.24) is 4.90 Å². The minimum atomic E-state index is -0.506. The number of carbonyl (C=O) groups excluding carboxylic acids is 1. The van der Waals surface area contributed by atoms with Crippen molar-refractivity contribution in [3.05, 3.63) is 48.2 Å². The van der Waals surface area contributed by atoms with Crippen LogP contribution in [-0.2, 0) is 11.3 Å². The summed E-state index contributed by atoms with van der Waals surface area (Å²) in [6.07, 6.45) is -0.506. The van der Waals surface area contributed by atoms with Gasteiger partial charge in [0.25, 0.3) is 0 Å². The van der Waals surface area contributed by atoms with Crippen LogP contribution in [0.2, 0.25) is 0 Å². The second-order valence-corrected chi connectivity index (χ2v) is 3.66. The van der Waals surface area contributed by atoms with E-state index >= 15 is 0 Å². The van der Waals surface area contributed by atoms with Crippen molar-refractivity contribution in [2.75, 3.05) is 6.54 Å². The van der Waals surface area contributed by atoms with Crippen LogP contribution in [0.5, 0.6) is 0 Å². The summed E-state index contributed by atoms with van der Waals surface area (Å²) >= 11 is 0. The van der Waals surface area contributed by atoms with Crippen LogP contribution in [0, 0.1) is 0 Å². The number of guanidine groups is 1. The first-order valence-electron chi connectivity index (χ1n) is 5.17. The standard InChI is InChI=1S/C12H13N3O2/c1-9-7-15(11(13)14-9)12(16)17-8-10-5-3-2-4-6-10/h2-6H,1,7-8H2,(H2,13,14). The third-order valence-corrected chi connectivity index (χ3v) is 2.32. The highest BCUT2D eigenvalue weighted by Crippen LogP contribution is 2.10. The number of ether oxygens (including phenoxy) is 1. The van der Waals surface area contributed by atoms with E-state index in [0.717, 1.165) is 5.56 Å². The molecule has 0 saturated heterocycles. The molecule has 1 aromatic rings. The average Bonchev–Trinajstić information content (AvgIpc) is 2.67. The van der Waals surface area contributed by atoms with Gasteiger partial charge < -0.3 is 10.5 Å². The Morgan fingerprint density at radius 2 is 2.18 bits per heavy atom. The van der Waals surface area contributed by atoms with Crippen molar-refractivity contribution >= 4 is 12.1 Å². The molecule has 2 N–H and O–H groups in total. The average molecular weight is 231 g/mol. The van der Waals surface area contributed by atoms with Crippen LogP contribution in [0.25, 0.3) is 0 Å². The molecule has 0 saturated carbocycles. The number of amides is 1. The Balaban J connectivity index is 1.91. The second kappa shape index (κ2) is 4.69. The van der Waals surface area contributed by atoms with Gasteiger partial charge in [-0.3, -0.25) is 0 Å². The van der Waals surface area contributed by atoms with Gasteiger partial charge in [0.1, 0.15) is 6.61 Å². The molecule has 17 heavy (non-hydrogen) atoms. The molecule has 0 radical (unpaired) electrons. The van der Waals surface area contributed by atoms with Gasteiger partial charge in [0, 0.05) is 0 Å². The lowest BCUT2D eigenvalue weighted by atomic mass is 10.2. The summed E-state index contributed by atoms with van der Waals surface area (Å²) < 4.78 is 5.12. The molecule has 0 spiro atoms. The van der Waals surface area contributed by atoms with Crippen LogP contribution in [0.3, 0.4) is 0 Å². The number of hydrogen-bond acceptors (Lipinski definition) is 4. The number of rotatable bonds is 2. The smallest absolute Gasteiger partial charge is 0.417 e. The highest BCUT2D eigenvalue weighted by molar-refractivity contribution is 5.95. The van der Waals surface area contributed by atoms with Crippen LogP contribution in [0.1, 0.15) is 5.56 Å². The van der Waals surface area contributed by atoms with Crippen molar-refractivity contribution < 1.29 is 9.53 Å². The van der Waals surface area contributed by atoms with Crippen molar-refractivity contribution in [3.63, 3.8) is 0 Å².